The van der Waals surface area contributed by atoms with Gasteiger partial charge < -0.3 is 14.2 Å². The van der Waals surface area contributed by atoms with Crippen molar-refractivity contribution in [2.75, 3.05) is 20.8 Å². The molecule has 0 saturated carbocycles. The summed E-state index contributed by atoms with van der Waals surface area (Å²) >= 11 is 1.38. The first-order chi connectivity index (χ1) is 10.6. The smallest absolute Gasteiger partial charge is 0.306 e. The van der Waals surface area contributed by atoms with Gasteiger partial charge in [-0.3, -0.25) is 9.59 Å². The topological polar surface area (TPSA) is 61.8 Å². The van der Waals surface area contributed by atoms with Crippen LogP contribution in [0, 0.1) is 0 Å². The molecule has 2 rings (SSSR count). The van der Waals surface area contributed by atoms with Crippen LogP contribution < -0.4 is 9.47 Å². The molecule has 0 aliphatic carbocycles. The van der Waals surface area contributed by atoms with E-state index < -0.39 is 0 Å². The van der Waals surface area contributed by atoms with Gasteiger partial charge in [0, 0.05) is 17.2 Å². The standard InChI is InChI=1S/C16H18O5S/c1-4-21-16(18)6-5-11(17)15-8-10-7-12(19-2)13(20-3)9-14(10)22-15/h7-9H,4-6H2,1-3H3. The monoisotopic (exact) mass is 322 g/mol. The van der Waals surface area contributed by atoms with Crippen LogP contribution in [0.15, 0.2) is 18.2 Å². The first-order valence-electron chi connectivity index (χ1n) is 6.93. The fourth-order valence-corrected chi connectivity index (χ4v) is 3.12. The number of methoxy groups -OCH3 is 2. The molecule has 22 heavy (non-hydrogen) atoms. The Balaban J connectivity index is 2.18. The molecule has 0 spiro atoms. The number of hydrogen-bond acceptors (Lipinski definition) is 6. The van der Waals surface area contributed by atoms with Gasteiger partial charge in [-0.1, -0.05) is 0 Å². The van der Waals surface area contributed by atoms with Crippen molar-refractivity contribution in [1.82, 2.24) is 0 Å². The van der Waals surface area contributed by atoms with Gasteiger partial charge in [-0.15, -0.1) is 11.3 Å². The average Bonchev–Trinajstić information content (AvgIpc) is 2.94. The normalized spacial score (nSPS) is 10.5. The second kappa shape index (κ2) is 7.26. The lowest BCUT2D eigenvalue weighted by Gasteiger charge is -2.06. The second-order valence-corrected chi connectivity index (χ2v) is 5.67. The summed E-state index contributed by atoms with van der Waals surface area (Å²) in [6.45, 7) is 2.07. The number of hydrogen-bond donors (Lipinski definition) is 0. The Morgan fingerprint density at radius 1 is 1.05 bits per heavy atom. The number of thiophene rings is 1. The Labute approximate surface area is 132 Å². The fraction of sp³-hybridized carbons (Fsp3) is 0.375. The van der Waals surface area contributed by atoms with Crippen LogP contribution in [0.2, 0.25) is 0 Å². The average molecular weight is 322 g/mol. The Morgan fingerprint density at radius 3 is 2.36 bits per heavy atom. The van der Waals surface area contributed by atoms with Crippen LogP contribution in [-0.2, 0) is 9.53 Å². The molecule has 0 saturated heterocycles. The number of ketones is 1. The van der Waals surface area contributed by atoms with Crippen molar-refractivity contribution in [2.24, 2.45) is 0 Å². The lowest BCUT2D eigenvalue weighted by atomic mass is 10.1. The summed E-state index contributed by atoms with van der Waals surface area (Å²) in [4.78, 5) is 24.1. The molecule has 0 radical (unpaired) electrons. The molecule has 1 aromatic carbocycles. The van der Waals surface area contributed by atoms with Crippen LogP contribution in [0.3, 0.4) is 0 Å². The SMILES string of the molecule is CCOC(=O)CCC(=O)c1cc2cc(OC)c(OC)cc2s1. The molecular weight excluding hydrogens is 304 g/mol. The third-order valence-electron chi connectivity index (χ3n) is 3.16. The van der Waals surface area contributed by atoms with E-state index >= 15 is 0 Å². The van der Waals surface area contributed by atoms with Gasteiger partial charge in [-0.2, -0.15) is 0 Å². The quantitative estimate of drug-likeness (QED) is 0.577. The molecule has 118 valence electrons. The van der Waals surface area contributed by atoms with Crippen molar-refractivity contribution in [1.29, 1.82) is 0 Å². The summed E-state index contributed by atoms with van der Waals surface area (Å²) in [5.74, 6) is 0.841. The number of fused-ring (bicyclic) bond motifs is 1. The van der Waals surface area contributed by atoms with E-state index in [0.717, 1.165) is 10.1 Å². The second-order valence-electron chi connectivity index (χ2n) is 4.58. The fourth-order valence-electron chi connectivity index (χ4n) is 2.08. The molecule has 1 aromatic heterocycles. The highest BCUT2D eigenvalue weighted by Crippen LogP contribution is 2.36. The molecule has 5 nitrogen and oxygen atoms in total. The molecule has 1 heterocycles. The highest BCUT2D eigenvalue weighted by Gasteiger charge is 2.15. The Hall–Kier alpha value is -2.08. The molecule has 0 atom stereocenters. The van der Waals surface area contributed by atoms with Crippen molar-refractivity contribution in [3.8, 4) is 11.5 Å². The zero-order chi connectivity index (χ0) is 16.1. The third kappa shape index (κ3) is 3.57. The minimum Gasteiger partial charge on any atom is -0.493 e. The third-order valence-corrected chi connectivity index (χ3v) is 4.30. The largest absolute Gasteiger partial charge is 0.493 e. The number of rotatable bonds is 7. The van der Waals surface area contributed by atoms with Gasteiger partial charge in [0.15, 0.2) is 17.3 Å². The number of carbonyl (C=O) groups excluding carboxylic acids is 2. The predicted molar refractivity (Wildman–Crippen MR) is 85.1 cm³/mol. The van der Waals surface area contributed by atoms with E-state index in [0.29, 0.717) is 23.0 Å². The summed E-state index contributed by atoms with van der Waals surface area (Å²) in [6.07, 6.45) is 0.257. The van der Waals surface area contributed by atoms with E-state index in [1.165, 1.54) is 11.3 Å². The molecule has 6 heteroatoms. The number of benzene rings is 1. The van der Waals surface area contributed by atoms with E-state index in [-0.39, 0.29) is 24.6 Å². The minimum absolute atomic E-state index is 0.0628. The van der Waals surface area contributed by atoms with E-state index in [2.05, 4.69) is 0 Å². The molecule has 0 aliphatic rings. The van der Waals surface area contributed by atoms with E-state index in [1.54, 1.807) is 21.1 Å². The van der Waals surface area contributed by atoms with Gasteiger partial charge in [0.25, 0.3) is 0 Å². The number of ether oxygens (including phenoxy) is 3. The van der Waals surface area contributed by atoms with Crippen LogP contribution in [0.4, 0.5) is 0 Å². The first-order valence-corrected chi connectivity index (χ1v) is 7.75. The highest BCUT2D eigenvalue weighted by molar-refractivity contribution is 7.20. The van der Waals surface area contributed by atoms with Crippen LogP contribution >= 0.6 is 11.3 Å². The van der Waals surface area contributed by atoms with Gasteiger partial charge in [-0.05, 0) is 24.4 Å². The maximum atomic E-state index is 12.2. The zero-order valence-corrected chi connectivity index (χ0v) is 13.6. The summed E-state index contributed by atoms with van der Waals surface area (Å²) in [7, 11) is 3.14. The van der Waals surface area contributed by atoms with Crippen LogP contribution in [0.25, 0.3) is 10.1 Å². The summed E-state index contributed by atoms with van der Waals surface area (Å²) in [5, 5.41) is 0.919. The maximum Gasteiger partial charge on any atom is 0.306 e. The van der Waals surface area contributed by atoms with Crippen LogP contribution in [0.1, 0.15) is 29.4 Å². The van der Waals surface area contributed by atoms with Crippen molar-refractivity contribution >= 4 is 33.2 Å². The number of Topliss-reactive ketones (excluding diaryl/α,β-unsaturated/α-hetero) is 1. The summed E-state index contributed by atoms with van der Waals surface area (Å²) < 4.78 is 16.3. The molecule has 2 aromatic rings. The van der Waals surface area contributed by atoms with E-state index in [1.807, 2.05) is 18.2 Å². The Bertz CT molecular complexity index is 648. The Kier molecular flexibility index (Phi) is 5.38. The maximum absolute atomic E-state index is 12.2. The molecule has 0 unspecified atom stereocenters. The van der Waals surface area contributed by atoms with Gasteiger partial charge >= 0.3 is 5.97 Å². The first kappa shape index (κ1) is 16.3. The van der Waals surface area contributed by atoms with E-state index in [9.17, 15) is 9.59 Å². The van der Waals surface area contributed by atoms with Gasteiger partial charge in [0.2, 0.25) is 0 Å². The highest BCUT2D eigenvalue weighted by atomic mass is 32.1. The predicted octanol–water partition coefficient (Wildman–Crippen LogP) is 3.44. The van der Waals surface area contributed by atoms with Gasteiger partial charge in [-0.25, -0.2) is 0 Å². The van der Waals surface area contributed by atoms with Crippen molar-refractivity contribution in [3.63, 3.8) is 0 Å². The molecule has 0 fully saturated rings. The Morgan fingerprint density at radius 2 is 1.73 bits per heavy atom. The molecule has 0 N–H and O–H groups in total. The van der Waals surface area contributed by atoms with E-state index in [4.69, 9.17) is 14.2 Å². The molecule has 0 amide bonds. The summed E-state index contributed by atoms with van der Waals surface area (Å²) in [6, 6.07) is 5.50. The zero-order valence-electron chi connectivity index (χ0n) is 12.8. The van der Waals surface area contributed by atoms with Crippen LogP contribution in [-0.4, -0.2) is 32.6 Å². The lowest BCUT2D eigenvalue weighted by molar-refractivity contribution is -0.143. The van der Waals surface area contributed by atoms with Crippen molar-refractivity contribution < 1.29 is 23.8 Å². The van der Waals surface area contributed by atoms with Crippen molar-refractivity contribution in [3.05, 3.63) is 23.1 Å². The van der Waals surface area contributed by atoms with Crippen molar-refractivity contribution in [2.45, 2.75) is 19.8 Å². The number of carbonyl (C=O) groups is 2. The molecule has 0 bridgehead atoms. The molecular formula is C16H18O5S. The molecule has 0 aliphatic heterocycles. The minimum atomic E-state index is -0.347. The van der Waals surface area contributed by atoms with Gasteiger partial charge in [0.05, 0.1) is 32.1 Å². The lowest BCUT2D eigenvalue weighted by Crippen LogP contribution is -2.07. The number of esters is 1. The summed E-state index contributed by atoms with van der Waals surface area (Å²) in [5.41, 5.74) is 0. The van der Waals surface area contributed by atoms with Crippen LogP contribution in [0.5, 0.6) is 11.5 Å². The van der Waals surface area contributed by atoms with Gasteiger partial charge in [0.1, 0.15) is 0 Å².